The molecular formula is C15H15NO3. The molecule has 2 aromatic rings. The van der Waals surface area contributed by atoms with Crippen molar-refractivity contribution in [1.82, 2.24) is 5.32 Å². The number of hydrogen-bond acceptors (Lipinski definition) is 3. The molecule has 1 aliphatic rings. The number of ether oxygens (including phenoxy) is 1. The summed E-state index contributed by atoms with van der Waals surface area (Å²) in [5.74, 6) is 0.670. The van der Waals surface area contributed by atoms with Crippen LogP contribution in [0.1, 0.15) is 23.8 Å². The molecule has 0 aliphatic carbocycles. The number of amides is 1. The standard InChI is InChI=1S/C15H15NO3/c1-18-15(11-6-3-2-4-7-11)10-13(17)16-14(15)12-8-5-9-19-12/h2-9,14H,10H2,1H3,(H,16,17)/t14-,15+/m0/s1. The van der Waals surface area contributed by atoms with Gasteiger partial charge in [0, 0.05) is 7.11 Å². The van der Waals surface area contributed by atoms with E-state index in [0.29, 0.717) is 12.2 Å². The lowest BCUT2D eigenvalue weighted by atomic mass is 9.85. The average molecular weight is 257 g/mol. The van der Waals surface area contributed by atoms with Crippen LogP contribution in [0, 0.1) is 0 Å². The maximum absolute atomic E-state index is 11.9. The molecule has 0 saturated carbocycles. The average Bonchev–Trinajstić information content (AvgIpc) is 3.07. The Kier molecular flexibility index (Phi) is 2.87. The van der Waals surface area contributed by atoms with Crippen LogP contribution >= 0.6 is 0 Å². The van der Waals surface area contributed by atoms with Crippen LogP contribution < -0.4 is 5.32 Å². The second-order valence-electron chi connectivity index (χ2n) is 4.65. The third-order valence-electron chi connectivity index (χ3n) is 3.65. The summed E-state index contributed by atoms with van der Waals surface area (Å²) in [4.78, 5) is 11.9. The molecule has 4 heteroatoms. The minimum atomic E-state index is -0.712. The highest BCUT2D eigenvalue weighted by molar-refractivity contribution is 5.81. The van der Waals surface area contributed by atoms with E-state index in [1.807, 2.05) is 42.5 Å². The Bertz CT molecular complexity index is 564. The van der Waals surface area contributed by atoms with E-state index in [0.717, 1.165) is 5.56 Å². The molecule has 0 spiro atoms. The molecule has 1 aromatic carbocycles. The molecule has 1 N–H and O–H groups in total. The van der Waals surface area contributed by atoms with Crippen molar-refractivity contribution in [2.45, 2.75) is 18.1 Å². The number of rotatable bonds is 3. The number of carbonyl (C=O) groups excluding carboxylic acids is 1. The molecule has 0 unspecified atom stereocenters. The second kappa shape index (κ2) is 4.55. The number of furan rings is 1. The van der Waals surface area contributed by atoms with Crippen molar-refractivity contribution in [3.63, 3.8) is 0 Å². The number of nitrogens with one attached hydrogen (secondary N) is 1. The molecule has 98 valence electrons. The SMILES string of the molecule is CO[C@@]1(c2ccccc2)CC(=O)N[C@H]1c1ccco1. The number of hydrogen-bond donors (Lipinski definition) is 1. The summed E-state index contributed by atoms with van der Waals surface area (Å²) in [5.41, 5.74) is 0.258. The molecule has 1 fully saturated rings. The zero-order valence-electron chi connectivity index (χ0n) is 10.6. The number of benzene rings is 1. The minimum absolute atomic E-state index is 0.0351. The number of carbonyl (C=O) groups is 1. The van der Waals surface area contributed by atoms with E-state index in [4.69, 9.17) is 9.15 Å². The molecule has 2 atom stereocenters. The highest BCUT2D eigenvalue weighted by atomic mass is 16.5. The Morgan fingerprint density at radius 1 is 1.26 bits per heavy atom. The minimum Gasteiger partial charge on any atom is -0.467 e. The van der Waals surface area contributed by atoms with Gasteiger partial charge in [-0.15, -0.1) is 0 Å². The molecule has 1 saturated heterocycles. The topological polar surface area (TPSA) is 51.5 Å². The van der Waals surface area contributed by atoms with E-state index in [2.05, 4.69) is 5.32 Å². The van der Waals surface area contributed by atoms with E-state index in [9.17, 15) is 4.79 Å². The van der Waals surface area contributed by atoms with E-state index in [-0.39, 0.29) is 11.9 Å². The fourth-order valence-electron chi connectivity index (χ4n) is 2.72. The van der Waals surface area contributed by atoms with Gasteiger partial charge < -0.3 is 14.5 Å². The third kappa shape index (κ3) is 1.85. The highest BCUT2D eigenvalue weighted by Gasteiger charge is 2.50. The zero-order valence-corrected chi connectivity index (χ0v) is 10.6. The molecule has 0 bridgehead atoms. The normalized spacial score (nSPS) is 26.4. The fraction of sp³-hybridized carbons (Fsp3) is 0.267. The van der Waals surface area contributed by atoms with Gasteiger partial charge >= 0.3 is 0 Å². The highest BCUT2D eigenvalue weighted by Crippen LogP contribution is 2.45. The van der Waals surface area contributed by atoms with Crippen molar-refractivity contribution in [1.29, 1.82) is 0 Å². The van der Waals surface area contributed by atoms with Crippen molar-refractivity contribution < 1.29 is 13.9 Å². The van der Waals surface area contributed by atoms with Gasteiger partial charge in [-0.3, -0.25) is 4.79 Å². The van der Waals surface area contributed by atoms with Crippen LogP contribution in [0.2, 0.25) is 0 Å². The van der Waals surface area contributed by atoms with Crippen molar-refractivity contribution in [3.8, 4) is 0 Å². The van der Waals surface area contributed by atoms with Crippen LogP contribution in [-0.4, -0.2) is 13.0 Å². The van der Waals surface area contributed by atoms with Crippen LogP contribution in [-0.2, 0) is 15.1 Å². The van der Waals surface area contributed by atoms with Gasteiger partial charge in [0.1, 0.15) is 17.4 Å². The predicted molar refractivity (Wildman–Crippen MR) is 69.3 cm³/mol. The lowest BCUT2D eigenvalue weighted by Gasteiger charge is -2.32. The Hall–Kier alpha value is -2.07. The number of methoxy groups -OCH3 is 1. The van der Waals surface area contributed by atoms with Crippen LogP contribution in [0.5, 0.6) is 0 Å². The van der Waals surface area contributed by atoms with E-state index in [1.54, 1.807) is 13.4 Å². The van der Waals surface area contributed by atoms with Crippen LogP contribution in [0.25, 0.3) is 0 Å². The summed E-state index contributed by atoms with van der Waals surface area (Å²) < 4.78 is 11.2. The lowest BCUT2D eigenvalue weighted by Crippen LogP contribution is -2.34. The summed E-state index contributed by atoms with van der Waals surface area (Å²) in [6.07, 6.45) is 1.89. The summed E-state index contributed by atoms with van der Waals surface area (Å²) in [7, 11) is 1.63. The molecule has 1 aromatic heterocycles. The predicted octanol–water partition coefficient (Wildman–Crippen LogP) is 2.38. The van der Waals surface area contributed by atoms with Gasteiger partial charge in [0.2, 0.25) is 5.91 Å². The van der Waals surface area contributed by atoms with Crippen LogP contribution in [0.4, 0.5) is 0 Å². The Morgan fingerprint density at radius 3 is 2.68 bits per heavy atom. The maximum atomic E-state index is 11.9. The quantitative estimate of drug-likeness (QED) is 0.918. The third-order valence-corrected chi connectivity index (χ3v) is 3.65. The van der Waals surface area contributed by atoms with Gasteiger partial charge in [0.05, 0.1) is 12.7 Å². The van der Waals surface area contributed by atoms with Crippen LogP contribution in [0.15, 0.2) is 53.1 Å². The second-order valence-corrected chi connectivity index (χ2v) is 4.65. The van der Waals surface area contributed by atoms with Gasteiger partial charge in [-0.25, -0.2) is 0 Å². The molecule has 1 aliphatic heterocycles. The first kappa shape index (κ1) is 12.0. The van der Waals surface area contributed by atoms with Crippen molar-refractivity contribution in [3.05, 3.63) is 60.1 Å². The molecule has 0 radical (unpaired) electrons. The smallest absolute Gasteiger partial charge is 0.224 e. The van der Waals surface area contributed by atoms with Gasteiger partial charge in [0.15, 0.2) is 0 Å². The molecule has 3 rings (SSSR count). The largest absolute Gasteiger partial charge is 0.467 e. The molecule has 19 heavy (non-hydrogen) atoms. The molecular weight excluding hydrogens is 242 g/mol. The first-order chi connectivity index (χ1) is 9.26. The van der Waals surface area contributed by atoms with E-state index >= 15 is 0 Å². The fourth-order valence-corrected chi connectivity index (χ4v) is 2.72. The van der Waals surface area contributed by atoms with E-state index < -0.39 is 5.60 Å². The van der Waals surface area contributed by atoms with Crippen LogP contribution in [0.3, 0.4) is 0 Å². The van der Waals surface area contributed by atoms with Gasteiger partial charge in [-0.2, -0.15) is 0 Å². The Labute approximate surface area is 111 Å². The van der Waals surface area contributed by atoms with Crippen molar-refractivity contribution in [2.24, 2.45) is 0 Å². The van der Waals surface area contributed by atoms with Crippen molar-refractivity contribution in [2.75, 3.05) is 7.11 Å². The summed E-state index contributed by atoms with van der Waals surface area (Å²) in [6, 6.07) is 13.1. The lowest BCUT2D eigenvalue weighted by molar-refractivity contribution is -0.121. The summed E-state index contributed by atoms with van der Waals surface area (Å²) in [6.45, 7) is 0. The summed E-state index contributed by atoms with van der Waals surface area (Å²) in [5, 5.41) is 2.94. The molecule has 4 nitrogen and oxygen atoms in total. The van der Waals surface area contributed by atoms with E-state index in [1.165, 1.54) is 0 Å². The van der Waals surface area contributed by atoms with Gasteiger partial charge in [-0.05, 0) is 17.7 Å². The first-order valence-corrected chi connectivity index (χ1v) is 6.20. The summed E-state index contributed by atoms with van der Waals surface area (Å²) >= 11 is 0. The molecule has 1 amide bonds. The Morgan fingerprint density at radius 2 is 2.05 bits per heavy atom. The Balaban J connectivity index is 2.10. The van der Waals surface area contributed by atoms with Crippen molar-refractivity contribution >= 4 is 5.91 Å². The molecule has 2 heterocycles. The zero-order chi connectivity index (χ0) is 13.3. The monoisotopic (exact) mass is 257 g/mol. The first-order valence-electron chi connectivity index (χ1n) is 6.20. The van der Waals surface area contributed by atoms with Gasteiger partial charge in [0.25, 0.3) is 0 Å². The maximum Gasteiger partial charge on any atom is 0.224 e. The van der Waals surface area contributed by atoms with Gasteiger partial charge in [-0.1, -0.05) is 30.3 Å².